The van der Waals surface area contributed by atoms with E-state index in [0.29, 0.717) is 6.16 Å². The van der Waals surface area contributed by atoms with Crippen molar-refractivity contribution in [3.63, 3.8) is 0 Å². The molecule has 0 aromatic carbocycles. The van der Waals surface area contributed by atoms with Crippen molar-refractivity contribution in [1.82, 2.24) is 0 Å². The van der Waals surface area contributed by atoms with E-state index in [1.807, 2.05) is 6.92 Å². The molecule has 1 unspecified atom stereocenters. The molecule has 0 N–H and O–H groups in total. The smallest absolute Gasteiger partial charge is 0.596 e. The molecule has 0 aromatic heterocycles. The van der Waals surface area contributed by atoms with Crippen LogP contribution in [0.1, 0.15) is 13.3 Å². The maximum absolute atomic E-state index is 9.64. The fourth-order valence-electron chi connectivity index (χ4n) is 0.183. The predicted octanol–water partition coefficient (Wildman–Crippen LogP) is -2.50. The molecule has 0 fully saturated rings. The van der Waals surface area contributed by atoms with Crippen LogP contribution in [0.5, 0.6) is 0 Å². The van der Waals surface area contributed by atoms with Crippen molar-refractivity contribution >= 4 is 8.03 Å². The molecule has 0 saturated heterocycles. The first-order chi connectivity index (χ1) is 2.77. The van der Waals surface area contributed by atoms with Crippen LogP contribution < -0.4 is 34.5 Å². The Morgan fingerprint density at radius 1 is 1.71 bits per heavy atom. The Bertz CT molecular complexity index is 56.9. The maximum Gasteiger partial charge on any atom is 1.00 e. The van der Waals surface area contributed by atoms with E-state index < -0.39 is 8.03 Å². The van der Waals surface area contributed by atoms with Crippen molar-refractivity contribution in [3.8, 4) is 0 Å². The molecule has 2 nitrogen and oxygen atoms in total. The van der Waals surface area contributed by atoms with Gasteiger partial charge in [0.25, 0.3) is 0 Å². The van der Waals surface area contributed by atoms with Crippen LogP contribution in [-0.4, -0.2) is 6.16 Å². The molecule has 0 bridgehead atoms. The van der Waals surface area contributed by atoms with Crippen LogP contribution >= 0.6 is 8.03 Å². The van der Waals surface area contributed by atoms with Crippen molar-refractivity contribution < 1.29 is 39.0 Å². The Balaban J connectivity index is 0. The van der Waals surface area contributed by atoms with Crippen LogP contribution in [0.4, 0.5) is 0 Å². The van der Waals surface area contributed by atoms with Crippen LogP contribution in [0.2, 0.25) is 0 Å². The van der Waals surface area contributed by atoms with Crippen molar-refractivity contribution in [1.29, 1.82) is 0 Å². The van der Waals surface area contributed by atoms with Gasteiger partial charge in [0.2, 0.25) is 0 Å². The van der Waals surface area contributed by atoms with Crippen molar-refractivity contribution in [2.45, 2.75) is 13.3 Å². The van der Waals surface area contributed by atoms with Crippen LogP contribution in [0, 0.1) is 0 Å². The molecule has 0 radical (unpaired) electrons. The molecule has 4 heteroatoms. The quantitative estimate of drug-likeness (QED) is 0.305. The summed E-state index contributed by atoms with van der Waals surface area (Å²) in [6, 6.07) is 0. The molecule has 0 heterocycles. The zero-order chi connectivity index (χ0) is 4.99. The minimum absolute atomic E-state index is 0. The molecular formula is C3H7NaO2P+. The largest absolute Gasteiger partial charge is 1.00 e. The van der Waals surface area contributed by atoms with Gasteiger partial charge in [-0.05, 0) is 6.42 Å². The molecule has 0 rings (SSSR count). The maximum atomic E-state index is 9.64. The van der Waals surface area contributed by atoms with Crippen molar-refractivity contribution in [2.24, 2.45) is 0 Å². The van der Waals surface area contributed by atoms with Gasteiger partial charge in [-0.25, -0.2) is 0 Å². The van der Waals surface area contributed by atoms with Gasteiger partial charge in [0.15, 0.2) is 0 Å². The van der Waals surface area contributed by atoms with E-state index in [1.165, 1.54) is 0 Å². The molecule has 0 aliphatic carbocycles. The van der Waals surface area contributed by atoms with E-state index in [-0.39, 0.29) is 29.6 Å². The number of hydrogen-bond acceptors (Lipinski definition) is 2. The van der Waals surface area contributed by atoms with Crippen molar-refractivity contribution in [2.75, 3.05) is 6.16 Å². The summed E-state index contributed by atoms with van der Waals surface area (Å²) < 4.78 is 9.64. The van der Waals surface area contributed by atoms with E-state index in [4.69, 9.17) is 0 Å². The van der Waals surface area contributed by atoms with Crippen molar-refractivity contribution in [3.05, 3.63) is 0 Å². The number of rotatable bonds is 2. The van der Waals surface area contributed by atoms with E-state index in [1.54, 1.807) is 0 Å². The summed E-state index contributed by atoms with van der Waals surface area (Å²) in [5, 5.41) is 0. The van der Waals surface area contributed by atoms with Gasteiger partial charge in [0.05, 0.1) is 0 Å². The first kappa shape index (κ1) is 10.9. The average molecular weight is 129 g/mol. The standard InChI is InChI=1S/C3H7O2P.Na/c1-2-3-6(4)5;/h2-3H2,1H3;/q;+1. The Hall–Kier alpha value is 1.06. The fraction of sp³-hybridized carbons (Fsp3) is 1.00. The minimum atomic E-state index is -2.10. The zero-order valence-electron chi connectivity index (χ0n) is 4.68. The third-order valence-corrected chi connectivity index (χ3v) is 1.22. The van der Waals surface area contributed by atoms with Crippen LogP contribution in [0.3, 0.4) is 0 Å². The first-order valence-electron chi connectivity index (χ1n) is 1.89. The van der Waals surface area contributed by atoms with Crippen LogP contribution in [-0.2, 0) is 4.57 Å². The second-order valence-corrected chi connectivity index (χ2v) is 2.17. The first-order valence-corrected chi connectivity index (χ1v) is 3.25. The SMILES string of the molecule is CCC[P+](=O)[O-].[Na+]. The Labute approximate surface area is 66.5 Å². The molecule has 7 heavy (non-hydrogen) atoms. The molecule has 0 aliphatic heterocycles. The normalized spacial score (nSPS) is 9.71. The molecule has 0 spiro atoms. The molecule has 0 amide bonds. The summed E-state index contributed by atoms with van der Waals surface area (Å²) >= 11 is 0. The van der Waals surface area contributed by atoms with Crippen LogP contribution in [0.25, 0.3) is 0 Å². The fourth-order valence-corrected chi connectivity index (χ4v) is 0.548. The number of hydrogen-bond donors (Lipinski definition) is 0. The minimum Gasteiger partial charge on any atom is -0.596 e. The second kappa shape index (κ2) is 7.06. The molecule has 36 valence electrons. The summed E-state index contributed by atoms with van der Waals surface area (Å²) in [4.78, 5) is 9.64. The summed E-state index contributed by atoms with van der Waals surface area (Å²) in [7, 11) is -2.10. The summed E-state index contributed by atoms with van der Waals surface area (Å²) in [5.41, 5.74) is 0. The van der Waals surface area contributed by atoms with E-state index in [2.05, 4.69) is 0 Å². The van der Waals surface area contributed by atoms with Gasteiger partial charge < -0.3 is 4.89 Å². The van der Waals surface area contributed by atoms with E-state index in [0.717, 1.165) is 6.42 Å². The van der Waals surface area contributed by atoms with Gasteiger partial charge in [-0.2, -0.15) is 0 Å². The monoisotopic (exact) mass is 129 g/mol. The molecule has 0 aromatic rings. The third kappa shape index (κ3) is 11.0. The zero-order valence-corrected chi connectivity index (χ0v) is 7.57. The van der Waals surface area contributed by atoms with Gasteiger partial charge in [-0.15, -0.1) is 0 Å². The second-order valence-electron chi connectivity index (χ2n) is 1.06. The molecule has 0 aliphatic rings. The summed E-state index contributed by atoms with van der Waals surface area (Å²) in [6.45, 7) is 1.84. The topological polar surface area (TPSA) is 40.1 Å². The average Bonchev–Trinajstić information content (AvgIpc) is 1.35. The van der Waals surface area contributed by atoms with E-state index in [9.17, 15) is 9.46 Å². The van der Waals surface area contributed by atoms with Gasteiger partial charge in [0, 0.05) is 0 Å². The van der Waals surface area contributed by atoms with Gasteiger partial charge in [-0.1, -0.05) is 11.5 Å². The predicted molar refractivity (Wildman–Crippen MR) is 22.8 cm³/mol. The van der Waals surface area contributed by atoms with E-state index >= 15 is 0 Å². The Morgan fingerprint density at radius 3 is 2.14 bits per heavy atom. The Kier molecular flexibility index (Phi) is 11.0. The van der Waals surface area contributed by atoms with Gasteiger partial charge in [-0.3, -0.25) is 0 Å². The summed E-state index contributed by atoms with van der Waals surface area (Å²) in [5.74, 6) is 0. The Morgan fingerprint density at radius 2 is 2.14 bits per heavy atom. The third-order valence-electron chi connectivity index (χ3n) is 0.406. The molecular weight excluding hydrogens is 122 g/mol. The van der Waals surface area contributed by atoms with Gasteiger partial charge >= 0.3 is 37.6 Å². The molecule has 0 saturated carbocycles. The van der Waals surface area contributed by atoms with Gasteiger partial charge in [0.1, 0.15) is 6.16 Å². The molecule has 1 atom stereocenters. The van der Waals surface area contributed by atoms with Crippen LogP contribution in [0.15, 0.2) is 0 Å². The summed E-state index contributed by atoms with van der Waals surface area (Å²) in [6.07, 6.45) is 1.06.